The van der Waals surface area contributed by atoms with E-state index < -0.39 is 10.0 Å². The van der Waals surface area contributed by atoms with Gasteiger partial charge in [0.25, 0.3) is 0 Å². The van der Waals surface area contributed by atoms with Crippen molar-refractivity contribution in [2.45, 2.75) is 32.1 Å². The van der Waals surface area contributed by atoms with Gasteiger partial charge in [0, 0.05) is 18.5 Å². The van der Waals surface area contributed by atoms with Crippen molar-refractivity contribution in [2.75, 3.05) is 13.1 Å². The molecule has 6 nitrogen and oxygen atoms in total. The van der Waals surface area contributed by atoms with E-state index in [1.165, 1.54) is 11.3 Å². The number of nitrogens with zero attached hydrogens (tertiary/aromatic N) is 1. The molecule has 1 heterocycles. The van der Waals surface area contributed by atoms with Gasteiger partial charge in [-0.05, 0) is 38.0 Å². The number of aryl methyl sites for hydroxylation is 3. The summed E-state index contributed by atoms with van der Waals surface area (Å²) in [4.78, 5) is 16.3. The average Bonchev–Trinajstić information content (AvgIpc) is 2.91. The summed E-state index contributed by atoms with van der Waals surface area (Å²) in [5, 5.41) is 5.45. The molecule has 0 aliphatic heterocycles. The van der Waals surface area contributed by atoms with E-state index in [0.29, 0.717) is 5.56 Å². The van der Waals surface area contributed by atoms with E-state index in [1.54, 1.807) is 19.1 Å². The van der Waals surface area contributed by atoms with Gasteiger partial charge in [0.15, 0.2) is 0 Å². The Labute approximate surface area is 146 Å². The highest BCUT2D eigenvalue weighted by Crippen LogP contribution is 2.16. The lowest BCUT2D eigenvalue weighted by Gasteiger charge is -2.10. The Hall–Kier alpha value is -1.77. The zero-order valence-electron chi connectivity index (χ0n) is 13.9. The largest absolute Gasteiger partial charge is 0.354 e. The molecule has 0 saturated heterocycles. The number of amides is 1. The van der Waals surface area contributed by atoms with Gasteiger partial charge in [-0.15, -0.1) is 11.3 Å². The van der Waals surface area contributed by atoms with Crippen LogP contribution in [0.1, 0.15) is 21.8 Å². The van der Waals surface area contributed by atoms with Gasteiger partial charge in [-0.3, -0.25) is 4.79 Å². The quantitative estimate of drug-likeness (QED) is 0.729. The van der Waals surface area contributed by atoms with Gasteiger partial charge >= 0.3 is 0 Å². The number of hydrogen-bond donors (Lipinski definition) is 2. The zero-order chi connectivity index (χ0) is 17.7. The van der Waals surface area contributed by atoms with Crippen molar-refractivity contribution >= 4 is 27.3 Å². The Kier molecular flexibility index (Phi) is 6.09. The first-order valence-corrected chi connectivity index (χ1v) is 9.89. The van der Waals surface area contributed by atoms with Crippen LogP contribution < -0.4 is 10.0 Å². The smallest absolute Gasteiger partial charge is 0.240 e. The standard InChI is InChI=1S/C16H21N3O3S2/c1-11-4-5-12(2)15(8-11)24(21,22)18-7-6-17-16(20)9-14-10-23-13(3)19-14/h4-5,8,10,18H,6-7,9H2,1-3H3,(H,17,20). The topological polar surface area (TPSA) is 88.2 Å². The van der Waals surface area contributed by atoms with Crippen LogP contribution in [0.25, 0.3) is 0 Å². The van der Waals surface area contributed by atoms with Gasteiger partial charge in [0.1, 0.15) is 0 Å². The zero-order valence-corrected chi connectivity index (χ0v) is 15.6. The summed E-state index contributed by atoms with van der Waals surface area (Å²) in [7, 11) is -3.58. The van der Waals surface area contributed by atoms with Gasteiger partial charge < -0.3 is 5.32 Å². The lowest BCUT2D eigenvalue weighted by atomic mass is 10.2. The highest BCUT2D eigenvalue weighted by molar-refractivity contribution is 7.89. The van der Waals surface area contributed by atoms with E-state index in [0.717, 1.165) is 16.3 Å². The second kappa shape index (κ2) is 7.87. The summed E-state index contributed by atoms with van der Waals surface area (Å²) in [5.41, 5.74) is 2.30. The molecule has 0 aliphatic carbocycles. The maximum Gasteiger partial charge on any atom is 0.240 e. The molecular formula is C16H21N3O3S2. The van der Waals surface area contributed by atoms with E-state index >= 15 is 0 Å². The molecule has 2 N–H and O–H groups in total. The van der Waals surface area contributed by atoms with Crippen molar-refractivity contribution in [1.82, 2.24) is 15.0 Å². The number of carbonyl (C=O) groups is 1. The van der Waals surface area contributed by atoms with Crippen molar-refractivity contribution in [1.29, 1.82) is 0 Å². The monoisotopic (exact) mass is 367 g/mol. The van der Waals surface area contributed by atoms with Crippen molar-refractivity contribution in [2.24, 2.45) is 0 Å². The van der Waals surface area contributed by atoms with Gasteiger partial charge in [-0.2, -0.15) is 0 Å². The van der Waals surface area contributed by atoms with E-state index in [4.69, 9.17) is 0 Å². The summed E-state index contributed by atoms with van der Waals surface area (Å²) in [5.74, 6) is -0.175. The third kappa shape index (κ3) is 5.12. The Morgan fingerprint density at radius 2 is 1.96 bits per heavy atom. The second-order valence-electron chi connectivity index (χ2n) is 5.55. The lowest BCUT2D eigenvalue weighted by molar-refractivity contribution is -0.120. The summed E-state index contributed by atoms with van der Waals surface area (Å²) < 4.78 is 27.1. The third-order valence-electron chi connectivity index (χ3n) is 3.38. The summed E-state index contributed by atoms with van der Waals surface area (Å²) in [6.07, 6.45) is 0.202. The van der Waals surface area contributed by atoms with Gasteiger partial charge in [-0.25, -0.2) is 18.1 Å². The number of benzene rings is 1. The van der Waals surface area contributed by atoms with Crippen LogP contribution in [0.2, 0.25) is 0 Å². The molecule has 8 heteroatoms. The predicted octanol–water partition coefficient (Wildman–Crippen LogP) is 1.71. The SMILES string of the molecule is Cc1ccc(C)c(S(=O)(=O)NCCNC(=O)Cc2csc(C)n2)c1. The molecule has 0 saturated carbocycles. The van der Waals surface area contributed by atoms with Crippen molar-refractivity contribution in [3.8, 4) is 0 Å². The molecule has 0 fully saturated rings. The Morgan fingerprint density at radius 1 is 1.21 bits per heavy atom. The first-order chi connectivity index (χ1) is 11.3. The fraction of sp³-hybridized carbons (Fsp3) is 0.375. The molecule has 1 amide bonds. The van der Waals surface area contributed by atoms with Crippen LogP contribution in [0.3, 0.4) is 0 Å². The van der Waals surface area contributed by atoms with Crippen LogP contribution in [-0.4, -0.2) is 32.4 Å². The normalized spacial score (nSPS) is 11.5. The molecule has 0 spiro atoms. The molecule has 0 atom stereocenters. The highest BCUT2D eigenvalue weighted by Gasteiger charge is 2.16. The maximum atomic E-state index is 12.3. The first-order valence-electron chi connectivity index (χ1n) is 7.52. The molecule has 0 radical (unpaired) electrons. The Bertz CT molecular complexity index is 829. The van der Waals surface area contributed by atoms with Crippen molar-refractivity contribution in [3.05, 3.63) is 45.4 Å². The van der Waals surface area contributed by atoms with Crippen LogP contribution in [0.15, 0.2) is 28.5 Å². The Balaban J connectivity index is 1.82. The summed E-state index contributed by atoms with van der Waals surface area (Å²) in [6, 6.07) is 5.29. The lowest BCUT2D eigenvalue weighted by Crippen LogP contribution is -2.35. The average molecular weight is 367 g/mol. The number of hydrogen-bond acceptors (Lipinski definition) is 5. The van der Waals surface area contributed by atoms with Gasteiger partial charge in [-0.1, -0.05) is 12.1 Å². The summed E-state index contributed by atoms with van der Waals surface area (Å²) >= 11 is 1.50. The minimum atomic E-state index is -3.58. The molecule has 0 aliphatic rings. The number of aromatic nitrogens is 1. The minimum Gasteiger partial charge on any atom is -0.354 e. The van der Waals surface area contributed by atoms with E-state index in [-0.39, 0.29) is 30.3 Å². The molecule has 2 aromatic rings. The van der Waals surface area contributed by atoms with E-state index in [1.807, 2.05) is 25.3 Å². The number of thiazole rings is 1. The fourth-order valence-electron chi connectivity index (χ4n) is 2.18. The molecule has 2 rings (SSSR count). The van der Waals surface area contributed by atoms with E-state index in [2.05, 4.69) is 15.0 Å². The highest BCUT2D eigenvalue weighted by atomic mass is 32.2. The van der Waals surface area contributed by atoms with Crippen LogP contribution in [0.4, 0.5) is 0 Å². The third-order valence-corrected chi connectivity index (χ3v) is 5.81. The first kappa shape index (κ1) is 18.6. The van der Waals surface area contributed by atoms with Crippen LogP contribution in [0.5, 0.6) is 0 Å². The minimum absolute atomic E-state index is 0.136. The van der Waals surface area contributed by atoms with Gasteiger partial charge in [0.05, 0.1) is 22.0 Å². The maximum absolute atomic E-state index is 12.3. The van der Waals surface area contributed by atoms with E-state index in [9.17, 15) is 13.2 Å². The van der Waals surface area contributed by atoms with Crippen molar-refractivity contribution < 1.29 is 13.2 Å². The van der Waals surface area contributed by atoms with Crippen molar-refractivity contribution in [3.63, 3.8) is 0 Å². The molecule has 24 heavy (non-hydrogen) atoms. The number of rotatable bonds is 7. The molecular weight excluding hydrogens is 346 g/mol. The Morgan fingerprint density at radius 3 is 2.62 bits per heavy atom. The van der Waals surface area contributed by atoms with Crippen LogP contribution in [-0.2, 0) is 21.2 Å². The predicted molar refractivity (Wildman–Crippen MR) is 94.7 cm³/mol. The van der Waals surface area contributed by atoms with Crippen LogP contribution in [0, 0.1) is 20.8 Å². The van der Waals surface area contributed by atoms with Gasteiger partial charge in [0.2, 0.25) is 15.9 Å². The molecule has 0 bridgehead atoms. The fourth-order valence-corrected chi connectivity index (χ4v) is 4.15. The molecule has 0 unspecified atom stereocenters. The van der Waals surface area contributed by atoms with Crippen LogP contribution >= 0.6 is 11.3 Å². The molecule has 130 valence electrons. The number of sulfonamides is 1. The molecule has 1 aromatic heterocycles. The number of nitrogens with one attached hydrogen (secondary N) is 2. The summed E-state index contributed by atoms with van der Waals surface area (Å²) in [6.45, 7) is 5.85. The molecule has 1 aromatic carbocycles. The number of carbonyl (C=O) groups excluding carboxylic acids is 1. The second-order valence-corrected chi connectivity index (χ2v) is 8.35.